The van der Waals surface area contributed by atoms with E-state index in [4.69, 9.17) is 14.2 Å². The zero-order valence-electron chi connectivity index (χ0n) is 14.2. The average Bonchev–Trinajstić information content (AvgIpc) is 2.62. The molecule has 0 atom stereocenters. The van der Waals surface area contributed by atoms with Gasteiger partial charge in [0.25, 0.3) is 5.91 Å². The van der Waals surface area contributed by atoms with Crippen molar-refractivity contribution in [2.45, 2.75) is 11.8 Å². The van der Waals surface area contributed by atoms with E-state index in [1.54, 1.807) is 50.2 Å². The molecule has 2 rings (SSSR count). The van der Waals surface area contributed by atoms with Crippen LogP contribution in [0.5, 0.6) is 17.2 Å². The summed E-state index contributed by atoms with van der Waals surface area (Å²) >= 11 is 1.59. The fourth-order valence-corrected chi connectivity index (χ4v) is 2.63. The Balaban J connectivity index is 2.23. The third kappa shape index (κ3) is 4.14. The van der Waals surface area contributed by atoms with E-state index in [1.807, 2.05) is 25.3 Å². The molecule has 0 saturated heterocycles. The summed E-state index contributed by atoms with van der Waals surface area (Å²) < 4.78 is 16.1. The molecule has 1 amide bonds. The Morgan fingerprint density at radius 2 is 1.79 bits per heavy atom. The molecule has 5 nitrogen and oxygen atoms in total. The van der Waals surface area contributed by atoms with Crippen LogP contribution in [-0.2, 0) is 0 Å². The maximum absolute atomic E-state index is 12.5. The molecule has 6 heteroatoms. The van der Waals surface area contributed by atoms with Crippen LogP contribution < -0.4 is 19.5 Å². The molecule has 24 heavy (non-hydrogen) atoms. The van der Waals surface area contributed by atoms with E-state index in [2.05, 4.69) is 5.32 Å². The smallest absolute Gasteiger partial charge is 0.259 e. The Morgan fingerprint density at radius 1 is 1.04 bits per heavy atom. The molecule has 0 aliphatic carbocycles. The number of methoxy groups -OCH3 is 2. The predicted octanol–water partition coefficient (Wildman–Crippen LogP) is 4.08. The highest BCUT2D eigenvalue weighted by Crippen LogP contribution is 2.31. The second-order valence-corrected chi connectivity index (χ2v) is 5.70. The Hall–Kier alpha value is -2.34. The number of anilines is 1. The minimum absolute atomic E-state index is 0.245. The van der Waals surface area contributed by atoms with Crippen LogP contribution in [0.4, 0.5) is 5.69 Å². The normalized spacial score (nSPS) is 10.2. The Labute approximate surface area is 146 Å². The predicted molar refractivity (Wildman–Crippen MR) is 96.9 cm³/mol. The Bertz CT molecular complexity index is 718. The van der Waals surface area contributed by atoms with E-state index in [0.717, 1.165) is 4.90 Å². The Kier molecular flexibility index (Phi) is 6.37. The van der Waals surface area contributed by atoms with Gasteiger partial charge in [0.2, 0.25) is 0 Å². The first-order valence-electron chi connectivity index (χ1n) is 7.47. The number of carbonyl (C=O) groups is 1. The molecule has 0 spiro atoms. The summed E-state index contributed by atoms with van der Waals surface area (Å²) in [5, 5.41) is 2.85. The summed E-state index contributed by atoms with van der Waals surface area (Å²) in [5.41, 5.74) is 1.10. The second-order valence-electron chi connectivity index (χ2n) is 4.82. The standard InChI is InChI=1S/C18H21NO4S/c1-5-23-15-9-6-12(10-17(15)22-3)19-18(20)14-8-7-13(24-4)11-16(14)21-2/h6-11H,5H2,1-4H3,(H,19,20). The number of ether oxygens (including phenoxy) is 3. The molecular weight excluding hydrogens is 326 g/mol. The number of thioether (sulfide) groups is 1. The van der Waals surface area contributed by atoms with Gasteiger partial charge in [0, 0.05) is 16.6 Å². The third-order valence-electron chi connectivity index (χ3n) is 3.37. The SMILES string of the molecule is CCOc1ccc(NC(=O)c2ccc(SC)cc2OC)cc1OC. The van der Waals surface area contributed by atoms with Crippen molar-refractivity contribution in [1.82, 2.24) is 0 Å². The number of rotatable bonds is 7. The third-order valence-corrected chi connectivity index (χ3v) is 4.10. The molecule has 0 aliphatic rings. The van der Waals surface area contributed by atoms with Gasteiger partial charge in [-0.15, -0.1) is 11.8 Å². The van der Waals surface area contributed by atoms with Crippen molar-refractivity contribution in [1.29, 1.82) is 0 Å². The zero-order chi connectivity index (χ0) is 17.5. The second kappa shape index (κ2) is 8.49. The van der Waals surface area contributed by atoms with Gasteiger partial charge in [-0.25, -0.2) is 0 Å². The van der Waals surface area contributed by atoms with Crippen molar-refractivity contribution in [2.24, 2.45) is 0 Å². The highest BCUT2D eigenvalue weighted by atomic mass is 32.2. The van der Waals surface area contributed by atoms with Gasteiger partial charge in [0.15, 0.2) is 11.5 Å². The molecule has 0 bridgehead atoms. The van der Waals surface area contributed by atoms with E-state index in [0.29, 0.717) is 35.1 Å². The lowest BCUT2D eigenvalue weighted by molar-refractivity contribution is 0.102. The molecule has 0 saturated carbocycles. The molecule has 0 fully saturated rings. The monoisotopic (exact) mass is 347 g/mol. The number of hydrogen-bond acceptors (Lipinski definition) is 5. The van der Waals surface area contributed by atoms with E-state index < -0.39 is 0 Å². The number of amides is 1. The van der Waals surface area contributed by atoms with Crippen molar-refractivity contribution < 1.29 is 19.0 Å². The highest BCUT2D eigenvalue weighted by molar-refractivity contribution is 7.98. The van der Waals surface area contributed by atoms with Crippen molar-refractivity contribution in [2.75, 3.05) is 32.4 Å². The highest BCUT2D eigenvalue weighted by Gasteiger charge is 2.14. The summed E-state index contributed by atoms with van der Waals surface area (Å²) in [6.07, 6.45) is 1.97. The first-order chi connectivity index (χ1) is 11.6. The van der Waals surface area contributed by atoms with Crippen molar-refractivity contribution >= 4 is 23.4 Å². The van der Waals surface area contributed by atoms with Crippen LogP contribution in [0.25, 0.3) is 0 Å². The summed E-state index contributed by atoms with van der Waals surface area (Å²) in [7, 11) is 3.11. The summed E-state index contributed by atoms with van der Waals surface area (Å²) in [5.74, 6) is 1.50. The van der Waals surface area contributed by atoms with Gasteiger partial charge in [0.05, 0.1) is 26.4 Å². The van der Waals surface area contributed by atoms with Crippen LogP contribution in [0.3, 0.4) is 0 Å². The van der Waals surface area contributed by atoms with Gasteiger partial charge in [-0.3, -0.25) is 4.79 Å². The molecule has 0 heterocycles. The van der Waals surface area contributed by atoms with Crippen LogP contribution in [-0.4, -0.2) is 33.0 Å². The van der Waals surface area contributed by atoms with Crippen molar-refractivity contribution in [3.63, 3.8) is 0 Å². The van der Waals surface area contributed by atoms with Gasteiger partial charge < -0.3 is 19.5 Å². The van der Waals surface area contributed by atoms with Gasteiger partial charge >= 0.3 is 0 Å². The van der Waals surface area contributed by atoms with Gasteiger partial charge in [0.1, 0.15) is 5.75 Å². The first kappa shape index (κ1) is 18.0. The fourth-order valence-electron chi connectivity index (χ4n) is 2.20. The summed E-state index contributed by atoms with van der Waals surface area (Å²) in [6.45, 7) is 2.45. The van der Waals surface area contributed by atoms with Crippen LogP contribution in [0.1, 0.15) is 17.3 Å². The molecule has 0 aliphatic heterocycles. The molecular formula is C18H21NO4S. The average molecular weight is 347 g/mol. The first-order valence-corrected chi connectivity index (χ1v) is 8.69. The summed E-state index contributed by atoms with van der Waals surface area (Å²) in [4.78, 5) is 13.6. The molecule has 0 unspecified atom stereocenters. The maximum atomic E-state index is 12.5. The van der Waals surface area contributed by atoms with E-state index in [1.165, 1.54) is 0 Å². The molecule has 2 aromatic rings. The van der Waals surface area contributed by atoms with E-state index in [9.17, 15) is 4.79 Å². The van der Waals surface area contributed by atoms with Crippen molar-refractivity contribution in [3.8, 4) is 17.2 Å². The molecule has 0 radical (unpaired) electrons. The minimum Gasteiger partial charge on any atom is -0.496 e. The Morgan fingerprint density at radius 3 is 2.42 bits per heavy atom. The van der Waals surface area contributed by atoms with E-state index in [-0.39, 0.29) is 5.91 Å². The van der Waals surface area contributed by atoms with E-state index >= 15 is 0 Å². The van der Waals surface area contributed by atoms with Gasteiger partial charge in [-0.05, 0) is 43.5 Å². The lowest BCUT2D eigenvalue weighted by Crippen LogP contribution is -2.13. The van der Waals surface area contributed by atoms with Crippen molar-refractivity contribution in [3.05, 3.63) is 42.0 Å². The van der Waals surface area contributed by atoms with Gasteiger partial charge in [-0.2, -0.15) is 0 Å². The number of nitrogens with one attached hydrogen (secondary N) is 1. The number of hydrogen-bond donors (Lipinski definition) is 1. The maximum Gasteiger partial charge on any atom is 0.259 e. The lowest BCUT2D eigenvalue weighted by Gasteiger charge is -2.13. The van der Waals surface area contributed by atoms with Gasteiger partial charge in [-0.1, -0.05) is 0 Å². The van der Waals surface area contributed by atoms with Crippen LogP contribution >= 0.6 is 11.8 Å². The molecule has 2 aromatic carbocycles. The number of benzene rings is 2. The zero-order valence-corrected chi connectivity index (χ0v) is 15.0. The lowest BCUT2D eigenvalue weighted by atomic mass is 10.1. The fraction of sp³-hybridized carbons (Fsp3) is 0.278. The van der Waals surface area contributed by atoms with Crippen LogP contribution in [0, 0.1) is 0 Å². The quantitative estimate of drug-likeness (QED) is 0.765. The topological polar surface area (TPSA) is 56.8 Å². The minimum atomic E-state index is -0.245. The largest absolute Gasteiger partial charge is 0.496 e. The molecule has 128 valence electrons. The van der Waals surface area contributed by atoms with Crippen LogP contribution in [0.2, 0.25) is 0 Å². The molecule has 1 N–H and O–H groups in total. The molecule has 0 aromatic heterocycles. The number of carbonyl (C=O) groups excluding carboxylic acids is 1. The summed E-state index contributed by atoms with van der Waals surface area (Å²) in [6, 6.07) is 10.8. The van der Waals surface area contributed by atoms with Crippen LogP contribution in [0.15, 0.2) is 41.3 Å².